The number of unbranched alkanes of at least 4 members (excludes halogenated alkanes) is 1. The van der Waals surface area contributed by atoms with Gasteiger partial charge in [-0.25, -0.2) is 13.1 Å². The van der Waals surface area contributed by atoms with Gasteiger partial charge in [-0.2, -0.15) is 0 Å². The van der Waals surface area contributed by atoms with E-state index in [0.29, 0.717) is 18.7 Å². The van der Waals surface area contributed by atoms with Crippen molar-refractivity contribution in [2.24, 2.45) is 0 Å². The van der Waals surface area contributed by atoms with E-state index in [9.17, 15) is 13.2 Å². The van der Waals surface area contributed by atoms with Gasteiger partial charge in [0, 0.05) is 24.3 Å². The Kier molecular flexibility index (Phi) is 5.20. The smallest absolute Gasteiger partial charge is 0.258 e. The van der Waals surface area contributed by atoms with E-state index in [1.54, 1.807) is 17.0 Å². The van der Waals surface area contributed by atoms with Gasteiger partial charge in [-0.15, -0.1) is 0 Å². The third-order valence-corrected chi connectivity index (χ3v) is 5.80. The average molecular weight is 358 g/mol. The number of hydrogen-bond donors (Lipinski definition) is 1. The third-order valence-electron chi connectivity index (χ3n) is 4.35. The summed E-state index contributed by atoms with van der Waals surface area (Å²) in [5, 5.41) is 0. The van der Waals surface area contributed by atoms with Gasteiger partial charge in [-0.3, -0.25) is 4.79 Å². The average Bonchev–Trinajstić information content (AvgIpc) is 3.05. The summed E-state index contributed by atoms with van der Waals surface area (Å²) < 4.78 is 27.3. The fourth-order valence-corrected chi connectivity index (χ4v) is 4.09. The van der Waals surface area contributed by atoms with Gasteiger partial charge >= 0.3 is 0 Å². The molecule has 1 amide bonds. The number of carbonyl (C=O) groups is 1. The van der Waals surface area contributed by atoms with Crippen LogP contribution in [0.2, 0.25) is 0 Å². The van der Waals surface area contributed by atoms with E-state index >= 15 is 0 Å². The summed E-state index contributed by atoms with van der Waals surface area (Å²) in [4.78, 5) is 14.7. The summed E-state index contributed by atoms with van der Waals surface area (Å²) in [5.41, 5.74) is 2.43. The molecule has 1 aliphatic heterocycles. The minimum Gasteiger partial charge on any atom is -0.308 e. The fraction of sp³-hybridized carbons (Fsp3) is 0.316. The Morgan fingerprint density at radius 1 is 1.16 bits per heavy atom. The minimum absolute atomic E-state index is 0.127. The number of carbonyl (C=O) groups excluding carboxylic acids is 1. The maximum Gasteiger partial charge on any atom is 0.258 e. The Hall–Kier alpha value is -2.18. The molecule has 0 unspecified atom stereocenters. The van der Waals surface area contributed by atoms with Crippen LogP contribution in [0.3, 0.4) is 0 Å². The summed E-state index contributed by atoms with van der Waals surface area (Å²) >= 11 is 0. The number of benzene rings is 2. The van der Waals surface area contributed by atoms with Crippen molar-refractivity contribution < 1.29 is 13.2 Å². The molecule has 0 atom stereocenters. The van der Waals surface area contributed by atoms with Crippen LogP contribution < -0.4 is 9.62 Å². The lowest BCUT2D eigenvalue weighted by Crippen LogP contribution is -2.29. The predicted molar refractivity (Wildman–Crippen MR) is 98.4 cm³/mol. The zero-order chi connectivity index (χ0) is 17.9. The maximum atomic E-state index is 12.9. The first-order valence-corrected chi connectivity index (χ1v) is 10.0. The number of hydrogen-bond acceptors (Lipinski definition) is 3. The van der Waals surface area contributed by atoms with Crippen molar-refractivity contribution >= 4 is 21.6 Å². The molecule has 132 valence electrons. The molecular weight excluding hydrogens is 336 g/mol. The molecule has 5 nitrogen and oxygen atoms in total. The highest BCUT2D eigenvalue weighted by atomic mass is 32.2. The van der Waals surface area contributed by atoms with Crippen molar-refractivity contribution in [2.75, 3.05) is 18.0 Å². The number of para-hydroxylation sites is 1. The molecule has 0 radical (unpaired) electrons. The molecule has 1 aliphatic rings. The second-order valence-corrected chi connectivity index (χ2v) is 7.88. The van der Waals surface area contributed by atoms with Gasteiger partial charge in [0.15, 0.2) is 0 Å². The quantitative estimate of drug-likeness (QED) is 0.808. The Morgan fingerprint density at radius 2 is 1.96 bits per heavy atom. The monoisotopic (exact) mass is 358 g/mol. The number of fused-ring (bicyclic) bond motifs is 1. The lowest BCUT2D eigenvalue weighted by Gasteiger charge is -2.18. The highest BCUT2D eigenvalue weighted by Crippen LogP contribution is 2.29. The van der Waals surface area contributed by atoms with Crippen LogP contribution in [0.4, 0.5) is 5.69 Å². The highest BCUT2D eigenvalue weighted by Gasteiger charge is 2.26. The first-order chi connectivity index (χ1) is 12.0. The van der Waals surface area contributed by atoms with Crippen LogP contribution in [0, 0.1) is 0 Å². The number of nitrogens with zero attached hydrogens (tertiary/aromatic N) is 1. The minimum atomic E-state index is -3.59. The molecule has 0 saturated carbocycles. The maximum absolute atomic E-state index is 12.9. The Balaban J connectivity index is 1.84. The first-order valence-electron chi connectivity index (χ1n) is 8.52. The van der Waals surface area contributed by atoms with Crippen molar-refractivity contribution in [3.63, 3.8) is 0 Å². The van der Waals surface area contributed by atoms with E-state index in [1.165, 1.54) is 12.1 Å². The SMILES string of the molecule is CCCCNS(=O)(=O)c1cccc(C(=O)N2CCc3ccccc32)c1. The second kappa shape index (κ2) is 7.37. The van der Waals surface area contributed by atoms with E-state index in [2.05, 4.69) is 4.72 Å². The van der Waals surface area contributed by atoms with Crippen LogP contribution >= 0.6 is 0 Å². The molecule has 0 spiro atoms. The van der Waals surface area contributed by atoms with Gasteiger partial charge in [0.05, 0.1) is 4.90 Å². The van der Waals surface area contributed by atoms with Crippen molar-refractivity contribution in [2.45, 2.75) is 31.1 Å². The lowest BCUT2D eigenvalue weighted by atomic mass is 10.1. The third kappa shape index (κ3) is 3.75. The molecule has 0 fully saturated rings. The topological polar surface area (TPSA) is 66.5 Å². The molecule has 0 saturated heterocycles. The molecule has 0 aliphatic carbocycles. The summed E-state index contributed by atoms with van der Waals surface area (Å²) in [6.45, 7) is 3.02. The van der Waals surface area contributed by atoms with E-state index in [1.807, 2.05) is 31.2 Å². The molecule has 1 N–H and O–H groups in total. The Morgan fingerprint density at radius 3 is 2.76 bits per heavy atom. The van der Waals surface area contributed by atoms with E-state index in [4.69, 9.17) is 0 Å². The summed E-state index contributed by atoms with van der Waals surface area (Å²) in [7, 11) is -3.59. The van der Waals surface area contributed by atoms with Crippen molar-refractivity contribution in [3.8, 4) is 0 Å². The van der Waals surface area contributed by atoms with Crippen LogP contribution in [0.5, 0.6) is 0 Å². The largest absolute Gasteiger partial charge is 0.308 e. The van der Waals surface area contributed by atoms with Crippen LogP contribution in [0.15, 0.2) is 53.4 Å². The highest BCUT2D eigenvalue weighted by molar-refractivity contribution is 7.89. The molecule has 0 bridgehead atoms. The zero-order valence-electron chi connectivity index (χ0n) is 14.2. The summed E-state index contributed by atoms with van der Waals surface area (Å²) in [5.74, 6) is -0.171. The predicted octanol–water partition coefficient (Wildman–Crippen LogP) is 2.97. The molecular formula is C19H22N2O3S. The Labute approximate surface area is 148 Å². The van der Waals surface area contributed by atoms with E-state index < -0.39 is 10.0 Å². The number of anilines is 1. The van der Waals surface area contributed by atoms with Crippen LogP contribution in [-0.2, 0) is 16.4 Å². The fourth-order valence-electron chi connectivity index (χ4n) is 2.97. The molecule has 2 aromatic carbocycles. The lowest BCUT2D eigenvalue weighted by molar-refractivity contribution is 0.0989. The van der Waals surface area contributed by atoms with Crippen LogP contribution in [-0.4, -0.2) is 27.4 Å². The van der Waals surface area contributed by atoms with Crippen LogP contribution in [0.25, 0.3) is 0 Å². The molecule has 3 rings (SSSR count). The number of rotatable bonds is 6. The number of nitrogens with one attached hydrogen (secondary N) is 1. The van der Waals surface area contributed by atoms with Gasteiger partial charge in [-0.1, -0.05) is 37.6 Å². The first kappa shape index (κ1) is 17.6. The summed E-state index contributed by atoms with van der Waals surface area (Å²) in [6, 6.07) is 14.1. The molecule has 6 heteroatoms. The van der Waals surface area contributed by atoms with Gasteiger partial charge in [0.2, 0.25) is 10.0 Å². The van der Waals surface area contributed by atoms with Gasteiger partial charge < -0.3 is 4.90 Å². The van der Waals surface area contributed by atoms with E-state index in [0.717, 1.165) is 30.5 Å². The molecule has 1 heterocycles. The standard InChI is InChI=1S/C19H22N2O3S/c1-2-3-12-20-25(23,24)17-9-6-8-16(14-17)19(22)21-13-11-15-7-4-5-10-18(15)21/h4-10,14,20H,2-3,11-13H2,1H3. The summed E-state index contributed by atoms with van der Waals surface area (Å²) in [6.07, 6.45) is 2.51. The van der Waals surface area contributed by atoms with Gasteiger partial charge in [-0.05, 0) is 42.7 Å². The second-order valence-electron chi connectivity index (χ2n) is 6.11. The normalized spacial score (nSPS) is 13.7. The van der Waals surface area contributed by atoms with Crippen molar-refractivity contribution in [3.05, 3.63) is 59.7 Å². The number of sulfonamides is 1. The van der Waals surface area contributed by atoms with Crippen molar-refractivity contribution in [1.82, 2.24) is 4.72 Å². The molecule has 0 aromatic heterocycles. The van der Waals surface area contributed by atoms with Gasteiger partial charge in [0.25, 0.3) is 5.91 Å². The molecule has 2 aromatic rings. The van der Waals surface area contributed by atoms with Crippen molar-refractivity contribution in [1.29, 1.82) is 0 Å². The zero-order valence-corrected chi connectivity index (χ0v) is 15.1. The van der Waals surface area contributed by atoms with Gasteiger partial charge in [0.1, 0.15) is 0 Å². The number of amides is 1. The Bertz CT molecular complexity index is 878. The molecule has 25 heavy (non-hydrogen) atoms. The van der Waals surface area contributed by atoms with E-state index in [-0.39, 0.29) is 10.8 Å². The van der Waals surface area contributed by atoms with Crippen LogP contribution in [0.1, 0.15) is 35.7 Å².